The van der Waals surface area contributed by atoms with Gasteiger partial charge in [0.1, 0.15) is 5.82 Å². The van der Waals surface area contributed by atoms with Gasteiger partial charge in [0, 0.05) is 16.0 Å². The van der Waals surface area contributed by atoms with E-state index in [9.17, 15) is 4.39 Å². The lowest BCUT2D eigenvalue weighted by atomic mass is 10.1. The molecule has 0 atom stereocenters. The largest absolute Gasteiger partial charge is 0.206 e. The average molecular weight is 215 g/mol. The molecule has 0 saturated carbocycles. The number of aryl methyl sites for hydroxylation is 1. The van der Waals surface area contributed by atoms with Crippen LogP contribution in [0, 0.1) is 12.7 Å². The van der Waals surface area contributed by atoms with Crippen molar-refractivity contribution in [2.24, 2.45) is 0 Å². The maximum Gasteiger partial charge on any atom is 0.132 e. The van der Waals surface area contributed by atoms with Gasteiger partial charge in [-0.15, -0.1) is 22.9 Å². The van der Waals surface area contributed by atoms with E-state index in [1.807, 2.05) is 18.4 Å². The van der Waals surface area contributed by atoms with Crippen LogP contribution in [0.3, 0.4) is 0 Å². The summed E-state index contributed by atoms with van der Waals surface area (Å²) < 4.78 is 14.5. The van der Waals surface area contributed by atoms with Crippen molar-refractivity contribution in [1.29, 1.82) is 0 Å². The van der Waals surface area contributed by atoms with Gasteiger partial charge >= 0.3 is 0 Å². The fourth-order valence-electron chi connectivity index (χ4n) is 1.40. The topological polar surface area (TPSA) is 0 Å². The van der Waals surface area contributed by atoms with Crippen molar-refractivity contribution in [3.63, 3.8) is 0 Å². The number of fused-ring (bicyclic) bond motifs is 1. The Morgan fingerprint density at radius 2 is 2.23 bits per heavy atom. The highest BCUT2D eigenvalue weighted by molar-refractivity contribution is 7.17. The first-order chi connectivity index (χ1) is 6.22. The zero-order valence-electron chi connectivity index (χ0n) is 7.10. The molecule has 0 aliphatic carbocycles. The molecule has 13 heavy (non-hydrogen) atoms. The molecule has 3 heteroatoms. The van der Waals surface area contributed by atoms with E-state index in [-0.39, 0.29) is 5.82 Å². The Labute approximate surface area is 85.0 Å². The van der Waals surface area contributed by atoms with Gasteiger partial charge in [-0.25, -0.2) is 4.39 Å². The van der Waals surface area contributed by atoms with Gasteiger partial charge in [0.15, 0.2) is 0 Å². The normalized spacial score (nSPS) is 11.0. The Hall–Kier alpha value is -0.600. The van der Waals surface area contributed by atoms with Crippen molar-refractivity contribution in [2.75, 3.05) is 0 Å². The molecule has 2 rings (SSSR count). The molecule has 0 spiro atoms. The third-order valence-electron chi connectivity index (χ3n) is 2.03. The van der Waals surface area contributed by atoms with Crippen molar-refractivity contribution in [2.45, 2.75) is 12.8 Å². The van der Waals surface area contributed by atoms with Gasteiger partial charge in [0.2, 0.25) is 0 Å². The van der Waals surface area contributed by atoms with Crippen LogP contribution in [0.15, 0.2) is 17.5 Å². The highest BCUT2D eigenvalue weighted by atomic mass is 35.5. The van der Waals surface area contributed by atoms with Crippen molar-refractivity contribution in [3.05, 3.63) is 34.5 Å². The summed E-state index contributed by atoms with van der Waals surface area (Å²) in [5.74, 6) is 0.205. The van der Waals surface area contributed by atoms with Gasteiger partial charge in [-0.3, -0.25) is 0 Å². The third kappa shape index (κ3) is 1.45. The quantitative estimate of drug-likeness (QED) is 0.628. The lowest BCUT2D eigenvalue weighted by molar-refractivity contribution is 0.638. The van der Waals surface area contributed by atoms with E-state index in [1.165, 1.54) is 6.07 Å². The second-order valence-corrected chi connectivity index (χ2v) is 4.18. The molecule has 0 N–H and O–H groups in total. The molecule has 0 amide bonds. The van der Waals surface area contributed by atoms with Gasteiger partial charge in [0.05, 0.1) is 0 Å². The summed E-state index contributed by atoms with van der Waals surface area (Å²) in [4.78, 5) is 0. The maximum atomic E-state index is 13.5. The third-order valence-corrected chi connectivity index (χ3v) is 3.38. The summed E-state index contributed by atoms with van der Waals surface area (Å²) in [6.07, 6.45) is 0. The van der Waals surface area contributed by atoms with Crippen LogP contribution < -0.4 is 0 Å². The number of rotatable bonds is 1. The molecule has 0 aliphatic rings. The predicted molar refractivity (Wildman–Crippen MR) is 56.1 cm³/mol. The number of hydrogen-bond acceptors (Lipinski definition) is 1. The van der Waals surface area contributed by atoms with Crippen LogP contribution >= 0.6 is 22.9 Å². The van der Waals surface area contributed by atoms with Crippen LogP contribution in [0.5, 0.6) is 0 Å². The monoisotopic (exact) mass is 214 g/mol. The standard InChI is InChI=1S/C10H8ClFS/c1-6-5-13-9-3-7(4-11)2-8(12)10(6)9/h2-3,5H,4H2,1H3. The maximum absolute atomic E-state index is 13.5. The van der Waals surface area contributed by atoms with Gasteiger partial charge in [-0.2, -0.15) is 0 Å². The lowest BCUT2D eigenvalue weighted by Crippen LogP contribution is -1.82. The van der Waals surface area contributed by atoms with Crippen molar-refractivity contribution < 1.29 is 4.39 Å². The molecule has 2 aromatic rings. The number of thiophene rings is 1. The molecule has 1 aromatic carbocycles. The van der Waals surface area contributed by atoms with Crippen LogP contribution in [0.4, 0.5) is 4.39 Å². The second kappa shape index (κ2) is 3.28. The summed E-state index contributed by atoms with van der Waals surface area (Å²) in [5.41, 5.74) is 1.84. The van der Waals surface area contributed by atoms with E-state index < -0.39 is 0 Å². The summed E-state index contributed by atoms with van der Waals surface area (Å²) in [6.45, 7) is 1.92. The van der Waals surface area contributed by atoms with Crippen LogP contribution in [0.2, 0.25) is 0 Å². The first-order valence-electron chi connectivity index (χ1n) is 3.94. The minimum Gasteiger partial charge on any atom is -0.206 e. The zero-order valence-corrected chi connectivity index (χ0v) is 8.68. The predicted octanol–water partition coefficient (Wildman–Crippen LogP) is 4.09. The van der Waals surface area contributed by atoms with Gasteiger partial charge in [-0.05, 0) is 35.6 Å². The Bertz CT molecular complexity index is 447. The lowest BCUT2D eigenvalue weighted by Gasteiger charge is -1.98. The van der Waals surface area contributed by atoms with Gasteiger partial charge in [0.25, 0.3) is 0 Å². The molecule has 1 heterocycles. The average Bonchev–Trinajstić information content (AvgIpc) is 2.48. The van der Waals surface area contributed by atoms with Gasteiger partial charge in [-0.1, -0.05) is 0 Å². The molecule has 0 nitrogen and oxygen atoms in total. The van der Waals surface area contributed by atoms with E-state index in [2.05, 4.69) is 0 Å². The van der Waals surface area contributed by atoms with E-state index in [4.69, 9.17) is 11.6 Å². The SMILES string of the molecule is Cc1csc2cc(CCl)cc(F)c12. The van der Waals surface area contributed by atoms with Crippen molar-refractivity contribution >= 4 is 33.0 Å². The van der Waals surface area contributed by atoms with E-state index in [0.717, 1.165) is 21.2 Å². The smallest absolute Gasteiger partial charge is 0.132 e. The first-order valence-corrected chi connectivity index (χ1v) is 5.36. The second-order valence-electron chi connectivity index (χ2n) is 3.00. The van der Waals surface area contributed by atoms with Crippen molar-refractivity contribution in [3.8, 4) is 0 Å². The molecule has 1 aromatic heterocycles. The summed E-state index contributed by atoms with van der Waals surface area (Å²) in [5, 5.41) is 2.70. The van der Waals surface area contributed by atoms with Crippen molar-refractivity contribution in [1.82, 2.24) is 0 Å². The Balaban J connectivity index is 2.79. The molecule has 0 radical (unpaired) electrons. The zero-order chi connectivity index (χ0) is 9.42. The van der Waals surface area contributed by atoms with Crippen LogP contribution in [-0.2, 0) is 5.88 Å². The molecule has 0 unspecified atom stereocenters. The minimum atomic E-state index is -0.160. The summed E-state index contributed by atoms with van der Waals surface area (Å²) in [6, 6.07) is 3.46. The first kappa shape index (κ1) is 8.97. The highest BCUT2D eigenvalue weighted by Crippen LogP contribution is 2.29. The Kier molecular flexibility index (Phi) is 2.26. The molecular weight excluding hydrogens is 207 g/mol. The van der Waals surface area contributed by atoms with Crippen LogP contribution in [0.1, 0.15) is 11.1 Å². The summed E-state index contributed by atoms with van der Waals surface area (Å²) >= 11 is 7.20. The number of benzene rings is 1. The van der Waals surface area contributed by atoms with Crippen LogP contribution in [-0.4, -0.2) is 0 Å². The number of halogens is 2. The van der Waals surface area contributed by atoms with E-state index in [0.29, 0.717) is 5.88 Å². The fraction of sp³-hybridized carbons (Fsp3) is 0.200. The molecule has 68 valence electrons. The van der Waals surface area contributed by atoms with E-state index >= 15 is 0 Å². The number of hydrogen-bond donors (Lipinski definition) is 0. The van der Waals surface area contributed by atoms with E-state index in [1.54, 1.807) is 11.3 Å². The van der Waals surface area contributed by atoms with Crippen LogP contribution in [0.25, 0.3) is 10.1 Å². The Morgan fingerprint density at radius 3 is 2.92 bits per heavy atom. The molecule has 0 bridgehead atoms. The molecular formula is C10H8ClFS. The fourth-order valence-corrected chi connectivity index (χ4v) is 2.57. The van der Waals surface area contributed by atoms with Gasteiger partial charge < -0.3 is 0 Å². The minimum absolute atomic E-state index is 0.160. The number of alkyl halides is 1. The Morgan fingerprint density at radius 1 is 1.46 bits per heavy atom. The highest BCUT2D eigenvalue weighted by Gasteiger charge is 2.07. The summed E-state index contributed by atoms with van der Waals surface area (Å²) in [7, 11) is 0. The molecule has 0 aliphatic heterocycles. The molecule has 0 saturated heterocycles. The molecule has 0 fully saturated rings.